The van der Waals surface area contributed by atoms with Crippen LogP contribution in [0.2, 0.25) is 0 Å². The van der Waals surface area contributed by atoms with Gasteiger partial charge in [0.15, 0.2) is 0 Å². The zero-order chi connectivity index (χ0) is 14.1. The van der Waals surface area contributed by atoms with Gasteiger partial charge in [0.25, 0.3) is 5.69 Å². The van der Waals surface area contributed by atoms with Gasteiger partial charge in [0.2, 0.25) is 5.95 Å². The Balaban J connectivity index is 1.96. The average molecular weight is 304 g/mol. The van der Waals surface area contributed by atoms with E-state index in [2.05, 4.69) is 9.97 Å². The quantitative estimate of drug-likeness (QED) is 0.453. The molecule has 0 fully saturated rings. The van der Waals surface area contributed by atoms with Gasteiger partial charge >= 0.3 is 0 Å². The van der Waals surface area contributed by atoms with E-state index in [9.17, 15) is 10.1 Å². The number of nitro benzene ring substituents is 1. The van der Waals surface area contributed by atoms with E-state index in [0.29, 0.717) is 0 Å². The number of hydrogen-bond acceptors (Lipinski definition) is 7. The molecule has 0 aliphatic rings. The first kappa shape index (κ1) is 12.8. The smallest absolute Gasteiger partial charge is 0.269 e. The van der Waals surface area contributed by atoms with Crippen molar-refractivity contribution in [2.45, 2.75) is 9.92 Å². The largest absolute Gasteiger partial charge is 0.368 e. The second-order valence-electron chi connectivity index (χ2n) is 3.88. The van der Waals surface area contributed by atoms with Crippen molar-refractivity contribution in [1.29, 1.82) is 0 Å². The number of rotatable bonds is 3. The molecule has 2 N–H and O–H groups in total. The first-order valence-corrected chi connectivity index (χ1v) is 7.26. The summed E-state index contributed by atoms with van der Waals surface area (Å²) in [5.74, 6) is 0.226. The highest BCUT2D eigenvalue weighted by Gasteiger charge is 2.10. The highest BCUT2D eigenvalue weighted by atomic mass is 32.2. The summed E-state index contributed by atoms with van der Waals surface area (Å²) in [4.78, 5) is 20.3. The summed E-state index contributed by atoms with van der Waals surface area (Å²) in [7, 11) is 0. The Morgan fingerprint density at radius 1 is 1.20 bits per heavy atom. The second-order valence-corrected chi connectivity index (χ2v) is 5.84. The van der Waals surface area contributed by atoms with Gasteiger partial charge in [-0.2, -0.15) is 0 Å². The Hall–Kier alpha value is -2.19. The number of nitrogens with zero attached hydrogens (tertiary/aromatic N) is 3. The van der Waals surface area contributed by atoms with E-state index in [0.717, 1.165) is 20.1 Å². The number of nitrogen functional groups attached to an aromatic ring is 1. The molecule has 2 heterocycles. The Kier molecular flexibility index (Phi) is 3.25. The summed E-state index contributed by atoms with van der Waals surface area (Å²) in [5, 5.41) is 14.2. The predicted octanol–water partition coefficient (Wildman–Crippen LogP) is 3.33. The van der Waals surface area contributed by atoms with Gasteiger partial charge in [0.05, 0.1) is 4.92 Å². The van der Waals surface area contributed by atoms with E-state index >= 15 is 0 Å². The molecule has 0 aliphatic heterocycles. The van der Waals surface area contributed by atoms with Gasteiger partial charge in [-0.25, -0.2) is 9.97 Å². The molecule has 8 heteroatoms. The predicted molar refractivity (Wildman–Crippen MR) is 79.0 cm³/mol. The number of thiophene rings is 1. The molecule has 6 nitrogen and oxygen atoms in total. The molecule has 3 aromatic rings. The topological polar surface area (TPSA) is 94.9 Å². The third-order valence-electron chi connectivity index (χ3n) is 2.57. The molecule has 0 bridgehead atoms. The summed E-state index contributed by atoms with van der Waals surface area (Å²) in [6.07, 6.45) is 0. The van der Waals surface area contributed by atoms with Crippen molar-refractivity contribution in [3.05, 3.63) is 45.8 Å². The molecule has 0 aliphatic carbocycles. The normalized spacial score (nSPS) is 10.8. The number of aromatic nitrogens is 2. The molecule has 2 aromatic heterocycles. The second kappa shape index (κ2) is 5.06. The maximum Gasteiger partial charge on any atom is 0.269 e. The fraction of sp³-hybridized carbons (Fsp3) is 0. The van der Waals surface area contributed by atoms with Gasteiger partial charge in [-0.15, -0.1) is 11.3 Å². The van der Waals surface area contributed by atoms with Gasteiger partial charge in [-0.1, -0.05) is 11.8 Å². The van der Waals surface area contributed by atoms with E-state index in [-0.39, 0.29) is 11.6 Å². The standard InChI is InChI=1S/C12H8N4O2S2/c13-12-14-10-9(5-6-19-10)11(15-12)20-8-3-1-7(2-4-8)16(17)18/h1-6H,(H2,13,14,15). The molecule has 3 rings (SSSR count). The minimum atomic E-state index is -0.422. The van der Waals surface area contributed by atoms with Gasteiger partial charge in [-0.05, 0) is 23.6 Å². The zero-order valence-corrected chi connectivity index (χ0v) is 11.6. The Labute approximate surface area is 121 Å². The summed E-state index contributed by atoms with van der Waals surface area (Å²) < 4.78 is 0. The molecule has 0 radical (unpaired) electrons. The highest BCUT2D eigenvalue weighted by molar-refractivity contribution is 7.99. The number of nitrogens with two attached hydrogens (primary N) is 1. The molecule has 1 aromatic carbocycles. The highest BCUT2D eigenvalue weighted by Crippen LogP contribution is 2.34. The van der Waals surface area contributed by atoms with Crippen LogP contribution in [0.25, 0.3) is 10.2 Å². The lowest BCUT2D eigenvalue weighted by molar-refractivity contribution is -0.384. The summed E-state index contributed by atoms with van der Waals surface area (Å²) in [5.41, 5.74) is 5.75. The summed E-state index contributed by atoms with van der Waals surface area (Å²) >= 11 is 2.91. The number of nitro groups is 1. The van der Waals surface area contributed by atoms with Crippen molar-refractivity contribution in [3.8, 4) is 0 Å². The minimum absolute atomic E-state index is 0.0669. The third kappa shape index (κ3) is 2.43. The van der Waals surface area contributed by atoms with Crippen molar-refractivity contribution in [2.75, 3.05) is 5.73 Å². The van der Waals surface area contributed by atoms with Crippen molar-refractivity contribution in [2.24, 2.45) is 0 Å². The lowest BCUT2D eigenvalue weighted by atomic mass is 10.3. The molecule has 0 saturated heterocycles. The van der Waals surface area contributed by atoms with E-state index in [4.69, 9.17) is 5.73 Å². The van der Waals surface area contributed by atoms with Crippen LogP contribution in [0, 0.1) is 10.1 Å². The van der Waals surface area contributed by atoms with Gasteiger partial charge < -0.3 is 5.73 Å². The number of benzene rings is 1. The molecular formula is C12H8N4O2S2. The monoisotopic (exact) mass is 304 g/mol. The van der Waals surface area contributed by atoms with E-state index in [1.54, 1.807) is 12.1 Å². The fourth-order valence-electron chi connectivity index (χ4n) is 1.67. The van der Waals surface area contributed by atoms with E-state index in [1.807, 2.05) is 11.4 Å². The lowest BCUT2D eigenvalue weighted by Crippen LogP contribution is -1.95. The number of hydrogen-bond donors (Lipinski definition) is 1. The van der Waals surface area contributed by atoms with Crippen LogP contribution in [0.4, 0.5) is 11.6 Å². The van der Waals surface area contributed by atoms with Crippen LogP contribution in [0.1, 0.15) is 0 Å². The number of anilines is 1. The number of fused-ring (bicyclic) bond motifs is 1. The van der Waals surface area contributed by atoms with Crippen LogP contribution in [0.3, 0.4) is 0 Å². The first-order chi connectivity index (χ1) is 9.63. The molecule has 0 amide bonds. The van der Waals surface area contributed by atoms with Crippen molar-refractivity contribution in [1.82, 2.24) is 9.97 Å². The van der Waals surface area contributed by atoms with Crippen molar-refractivity contribution < 1.29 is 4.92 Å². The van der Waals surface area contributed by atoms with Gasteiger partial charge in [0, 0.05) is 22.4 Å². The van der Waals surface area contributed by atoms with Crippen molar-refractivity contribution >= 4 is 45.0 Å². The van der Waals surface area contributed by atoms with Crippen LogP contribution in [0.5, 0.6) is 0 Å². The van der Waals surface area contributed by atoms with Crippen LogP contribution in [0.15, 0.2) is 45.6 Å². The third-order valence-corrected chi connectivity index (χ3v) is 4.39. The molecule has 0 atom stereocenters. The van der Waals surface area contributed by atoms with E-state index in [1.165, 1.54) is 35.2 Å². The van der Waals surface area contributed by atoms with Crippen LogP contribution >= 0.6 is 23.1 Å². The van der Waals surface area contributed by atoms with E-state index < -0.39 is 4.92 Å². The average Bonchev–Trinajstić information content (AvgIpc) is 2.87. The van der Waals surface area contributed by atoms with Gasteiger partial charge in [0.1, 0.15) is 9.86 Å². The Morgan fingerprint density at radius 2 is 1.95 bits per heavy atom. The summed E-state index contributed by atoms with van der Waals surface area (Å²) in [6.45, 7) is 0. The molecule has 0 saturated carbocycles. The van der Waals surface area contributed by atoms with Crippen LogP contribution < -0.4 is 5.73 Å². The number of non-ortho nitro benzene ring substituents is 1. The SMILES string of the molecule is Nc1nc(Sc2ccc([N+](=O)[O-])cc2)c2ccsc2n1. The fourth-order valence-corrected chi connectivity index (χ4v) is 3.41. The van der Waals surface area contributed by atoms with Crippen molar-refractivity contribution in [3.63, 3.8) is 0 Å². The zero-order valence-electron chi connectivity index (χ0n) is 10.0. The van der Waals surface area contributed by atoms with Gasteiger partial charge in [-0.3, -0.25) is 10.1 Å². The van der Waals surface area contributed by atoms with Crippen LogP contribution in [-0.2, 0) is 0 Å². The Morgan fingerprint density at radius 3 is 2.65 bits per heavy atom. The van der Waals surface area contributed by atoms with Crippen LogP contribution in [-0.4, -0.2) is 14.9 Å². The minimum Gasteiger partial charge on any atom is -0.368 e. The summed E-state index contributed by atoms with van der Waals surface area (Å²) in [6, 6.07) is 8.27. The first-order valence-electron chi connectivity index (χ1n) is 5.56. The molecule has 0 unspecified atom stereocenters. The Bertz CT molecular complexity index is 786. The molecule has 100 valence electrons. The maximum atomic E-state index is 10.6. The maximum absolute atomic E-state index is 10.6. The molecular weight excluding hydrogens is 296 g/mol. The lowest BCUT2D eigenvalue weighted by Gasteiger charge is -2.03. The molecule has 0 spiro atoms. The molecule has 20 heavy (non-hydrogen) atoms.